The summed E-state index contributed by atoms with van der Waals surface area (Å²) in [6.45, 7) is 1.77. The molecule has 8 heteroatoms. The van der Waals surface area contributed by atoms with Crippen LogP contribution in [0.5, 0.6) is 0 Å². The molecule has 2 heterocycles. The molecular formula is C15H10BrClN4OS. The molecule has 1 aliphatic rings. The van der Waals surface area contributed by atoms with Gasteiger partial charge in [0.2, 0.25) is 0 Å². The molecule has 23 heavy (non-hydrogen) atoms. The molecule has 1 aromatic heterocycles. The Labute approximate surface area is 146 Å². The molecule has 0 saturated carbocycles. The molecular weight excluding hydrogens is 400 g/mol. The Morgan fingerprint density at radius 3 is 2.70 bits per heavy atom. The van der Waals surface area contributed by atoms with E-state index < -0.39 is 9.73 Å². The van der Waals surface area contributed by atoms with Crippen LogP contribution in [0.25, 0.3) is 5.69 Å². The lowest BCUT2D eigenvalue weighted by Gasteiger charge is -2.20. The number of aromatic nitrogens is 3. The Morgan fingerprint density at radius 1 is 1.22 bits per heavy atom. The van der Waals surface area contributed by atoms with Crippen LogP contribution in [0.1, 0.15) is 5.82 Å². The van der Waals surface area contributed by atoms with Gasteiger partial charge in [0.1, 0.15) is 15.6 Å². The van der Waals surface area contributed by atoms with E-state index in [9.17, 15) is 4.21 Å². The Hall–Kier alpha value is -1.70. The van der Waals surface area contributed by atoms with E-state index in [1.165, 1.54) is 0 Å². The molecule has 0 radical (unpaired) electrons. The molecule has 0 bridgehead atoms. The average molecular weight is 410 g/mol. The molecule has 2 aromatic carbocycles. The average Bonchev–Trinajstić information content (AvgIpc) is 2.90. The molecule has 0 fully saturated rings. The Bertz CT molecular complexity index is 1050. The summed E-state index contributed by atoms with van der Waals surface area (Å²) in [5.74, 6) is 0.882. The monoisotopic (exact) mass is 408 g/mol. The van der Waals surface area contributed by atoms with Gasteiger partial charge in [0, 0.05) is 4.47 Å². The summed E-state index contributed by atoms with van der Waals surface area (Å²) in [5, 5.41) is 4.85. The first-order chi connectivity index (χ1) is 11.0. The van der Waals surface area contributed by atoms with Gasteiger partial charge in [-0.2, -0.15) is 14.0 Å². The molecule has 116 valence electrons. The van der Waals surface area contributed by atoms with Crippen LogP contribution < -0.4 is 0 Å². The number of halogens is 2. The van der Waals surface area contributed by atoms with Gasteiger partial charge in [-0.1, -0.05) is 29.8 Å². The topological polar surface area (TPSA) is 60.1 Å². The second-order valence-electron chi connectivity index (χ2n) is 5.04. The van der Waals surface area contributed by atoms with Crippen molar-refractivity contribution in [2.24, 2.45) is 4.36 Å². The van der Waals surface area contributed by atoms with E-state index in [0.717, 1.165) is 0 Å². The number of fused-ring (bicyclic) bond motifs is 3. The van der Waals surface area contributed by atoms with E-state index in [1.54, 1.807) is 35.9 Å². The number of nitrogens with zero attached hydrogens (tertiary/aromatic N) is 4. The van der Waals surface area contributed by atoms with Crippen molar-refractivity contribution in [3.05, 3.63) is 57.8 Å². The summed E-state index contributed by atoms with van der Waals surface area (Å²) in [6, 6.07) is 12.6. The van der Waals surface area contributed by atoms with Crippen LogP contribution in [0.15, 0.2) is 61.1 Å². The Kier molecular flexibility index (Phi) is 3.33. The van der Waals surface area contributed by atoms with Crippen molar-refractivity contribution in [1.82, 2.24) is 14.8 Å². The molecule has 0 saturated heterocycles. The van der Waals surface area contributed by atoms with E-state index in [1.807, 2.05) is 18.2 Å². The lowest BCUT2D eigenvalue weighted by atomic mass is 10.3. The summed E-state index contributed by atoms with van der Waals surface area (Å²) in [5.41, 5.74) is 0.637. The molecule has 0 aliphatic carbocycles. The number of hydrogen-bond acceptors (Lipinski definition) is 4. The standard InChI is InChI=1S/C15H10BrClN4OS/c1-9-18-15-20-23(22,10-5-3-2-4-6-10)14-7-11(16)12(17)8-13(14)21(15)19-9/h2-8H,1H3. The fraction of sp³-hybridized carbons (Fsp3) is 0.0667. The number of benzene rings is 2. The van der Waals surface area contributed by atoms with Gasteiger partial charge in [-0.15, -0.1) is 5.10 Å². The Morgan fingerprint density at radius 2 is 1.96 bits per heavy atom. The summed E-state index contributed by atoms with van der Waals surface area (Å²) < 4.78 is 20.4. The van der Waals surface area contributed by atoms with Crippen molar-refractivity contribution < 1.29 is 4.21 Å². The first-order valence-corrected chi connectivity index (χ1v) is 9.43. The molecule has 5 nitrogen and oxygen atoms in total. The molecule has 1 atom stereocenters. The second kappa shape index (κ2) is 5.15. The fourth-order valence-corrected chi connectivity index (χ4v) is 5.17. The highest BCUT2D eigenvalue weighted by Gasteiger charge is 2.29. The molecule has 4 rings (SSSR count). The molecule has 0 N–H and O–H groups in total. The third-order valence-electron chi connectivity index (χ3n) is 3.50. The normalized spacial score (nSPS) is 18.9. The number of rotatable bonds is 1. The van der Waals surface area contributed by atoms with Crippen molar-refractivity contribution >= 4 is 43.2 Å². The van der Waals surface area contributed by atoms with Crippen molar-refractivity contribution in [2.75, 3.05) is 0 Å². The van der Waals surface area contributed by atoms with Crippen LogP contribution in [-0.2, 0) is 9.73 Å². The maximum atomic E-state index is 13.8. The van der Waals surface area contributed by atoms with Gasteiger partial charge in [-0.05, 0) is 47.1 Å². The summed E-state index contributed by atoms with van der Waals surface area (Å²) in [4.78, 5) is 5.47. The minimum absolute atomic E-state index is 0.322. The second-order valence-corrected chi connectivity index (χ2v) is 8.44. The van der Waals surface area contributed by atoms with Gasteiger partial charge in [0.15, 0.2) is 0 Å². The van der Waals surface area contributed by atoms with Crippen LogP contribution >= 0.6 is 27.5 Å². The van der Waals surface area contributed by atoms with E-state index in [0.29, 0.717) is 36.7 Å². The summed E-state index contributed by atoms with van der Waals surface area (Å²) in [7, 11) is -2.85. The molecule has 1 unspecified atom stereocenters. The van der Waals surface area contributed by atoms with Gasteiger partial charge in [0.05, 0.1) is 20.5 Å². The van der Waals surface area contributed by atoms with Crippen LogP contribution in [0, 0.1) is 6.92 Å². The highest BCUT2D eigenvalue weighted by molar-refractivity contribution is 9.10. The minimum atomic E-state index is -2.85. The van der Waals surface area contributed by atoms with E-state index in [4.69, 9.17) is 11.6 Å². The lowest BCUT2D eigenvalue weighted by Crippen LogP contribution is -2.13. The zero-order valence-electron chi connectivity index (χ0n) is 11.9. The largest absolute Gasteiger partial charge is 0.261 e. The van der Waals surface area contributed by atoms with E-state index in [2.05, 4.69) is 30.4 Å². The maximum absolute atomic E-state index is 13.8. The van der Waals surface area contributed by atoms with Crippen LogP contribution in [0.4, 0.5) is 5.95 Å². The highest BCUT2D eigenvalue weighted by Crippen LogP contribution is 2.40. The van der Waals surface area contributed by atoms with Crippen molar-refractivity contribution in [2.45, 2.75) is 16.7 Å². The smallest absolute Gasteiger partial charge is 0.239 e. The molecule has 0 spiro atoms. The predicted molar refractivity (Wildman–Crippen MR) is 92.0 cm³/mol. The van der Waals surface area contributed by atoms with Crippen LogP contribution in [-0.4, -0.2) is 19.0 Å². The van der Waals surface area contributed by atoms with E-state index >= 15 is 0 Å². The third-order valence-corrected chi connectivity index (χ3v) is 6.95. The third kappa shape index (κ3) is 2.22. The Balaban J connectivity index is 2.16. The quantitative estimate of drug-likeness (QED) is 0.464. The summed E-state index contributed by atoms with van der Waals surface area (Å²) >= 11 is 9.63. The zero-order valence-corrected chi connectivity index (χ0v) is 15.1. The zero-order chi connectivity index (χ0) is 16.2. The van der Waals surface area contributed by atoms with Gasteiger partial charge in [-0.3, -0.25) is 0 Å². The van der Waals surface area contributed by atoms with E-state index in [-0.39, 0.29) is 0 Å². The highest BCUT2D eigenvalue weighted by atomic mass is 79.9. The predicted octanol–water partition coefficient (Wildman–Crippen LogP) is 4.52. The fourth-order valence-electron chi connectivity index (χ4n) is 2.48. The minimum Gasteiger partial charge on any atom is -0.239 e. The van der Waals surface area contributed by atoms with Crippen molar-refractivity contribution in [3.8, 4) is 5.69 Å². The van der Waals surface area contributed by atoms with Crippen LogP contribution in [0.3, 0.4) is 0 Å². The maximum Gasteiger partial charge on any atom is 0.261 e. The SMILES string of the molecule is Cc1nc2n(n1)-c1cc(Cl)c(Br)cc1S(=O)(c1ccccc1)=N2. The summed E-state index contributed by atoms with van der Waals surface area (Å²) in [6.07, 6.45) is 0. The first-order valence-electron chi connectivity index (χ1n) is 6.74. The molecule has 3 aromatic rings. The van der Waals surface area contributed by atoms with Crippen molar-refractivity contribution in [3.63, 3.8) is 0 Å². The molecule has 1 aliphatic heterocycles. The van der Waals surface area contributed by atoms with Gasteiger partial charge in [-0.25, -0.2) is 4.21 Å². The van der Waals surface area contributed by atoms with Crippen molar-refractivity contribution in [1.29, 1.82) is 0 Å². The first kappa shape index (κ1) is 14.9. The number of aryl methyl sites for hydroxylation is 1. The van der Waals surface area contributed by atoms with Gasteiger partial charge < -0.3 is 0 Å². The van der Waals surface area contributed by atoms with Gasteiger partial charge >= 0.3 is 0 Å². The van der Waals surface area contributed by atoms with Gasteiger partial charge in [0.25, 0.3) is 5.95 Å². The number of hydrogen-bond donors (Lipinski definition) is 0. The van der Waals surface area contributed by atoms with Crippen LogP contribution in [0.2, 0.25) is 5.02 Å². The lowest BCUT2D eigenvalue weighted by molar-refractivity contribution is 0.672. The molecule has 0 amide bonds.